The first-order valence-electron chi connectivity index (χ1n) is 11.1. The van der Waals surface area contributed by atoms with E-state index in [0.29, 0.717) is 37.2 Å². The Kier molecular flexibility index (Phi) is 5.22. The third-order valence-electron chi connectivity index (χ3n) is 8.82. The summed E-state index contributed by atoms with van der Waals surface area (Å²) in [4.78, 5) is 51.0. The van der Waals surface area contributed by atoms with Crippen LogP contribution in [0, 0.1) is 46.3 Å². The van der Waals surface area contributed by atoms with Gasteiger partial charge >= 0.3 is 23.9 Å². The van der Waals surface area contributed by atoms with Crippen molar-refractivity contribution in [2.75, 3.05) is 13.7 Å². The van der Waals surface area contributed by atoms with Crippen molar-refractivity contribution in [2.45, 2.75) is 59.3 Å². The lowest BCUT2D eigenvalue weighted by Crippen LogP contribution is -2.47. The van der Waals surface area contributed by atoms with Crippen LogP contribution >= 0.6 is 0 Å². The molecule has 2 saturated carbocycles. The first-order valence-corrected chi connectivity index (χ1v) is 11.1. The van der Waals surface area contributed by atoms with E-state index in [4.69, 9.17) is 14.2 Å². The molecule has 2 saturated heterocycles. The fraction of sp³-hybridized carbons (Fsp3) is 0.826. The number of rotatable bonds is 6. The van der Waals surface area contributed by atoms with Gasteiger partial charge in [0, 0.05) is 0 Å². The lowest BCUT2D eigenvalue weighted by atomic mass is 9.60. The molecular formula is C23H32O7. The van der Waals surface area contributed by atoms with Gasteiger partial charge in [0.1, 0.15) is 0 Å². The highest BCUT2D eigenvalue weighted by Gasteiger charge is 2.64. The van der Waals surface area contributed by atoms with Gasteiger partial charge in [-0.05, 0) is 76.0 Å². The summed E-state index contributed by atoms with van der Waals surface area (Å²) in [7, 11) is 1.30. The molecule has 4 fully saturated rings. The van der Waals surface area contributed by atoms with Crippen molar-refractivity contribution < 1.29 is 33.4 Å². The van der Waals surface area contributed by atoms with E-state index in [1.54, 1.807) is 6.92 Å². The van der Waals surface area contributed by atoms with Crippen LogP contribution in [0.15, 0.2) is 0 Å². The van der Waals surface area contributed by atoms with Gasteiger partial charge in [-0.2, -0.15) is 0 Å². The molecule has 2 aliphatic heterocycles. The second kappa shape index (κ2) is 7.34. The van der Waals surface area contributed by atoms with E-state index < -0.39 is 40.6 Å². The molecule has 2 aliphatic carbocycles. The Morgan fingerprint density at radius 2 is 1.90 bits per heavy atom. The molecule has 30 heavy (non-hydrogen) atoms. The Balaban J connectivity index is 1.66. The quantitative estimate of drug-likeness (QED) is 0.370. The van der Waals surface area contributed by atoms with Crippen LogP contribution < -0.4 is 0 Å². The Bertz CT molecular complexity index is 774. The number of methoxy groups -OCH3 is 1. The van der Waals surface area contributed by atoms with Gasteiger partial charge in [-0.25, -0.2) is 0 Å². The number of carbonyl (C=O) groups excluding carboxylic acids is 4. The van der Waals surface area contributed by atoms with Gasteiger partial charge in [0.2, 0.25) is 0 Å². The van der Waals surface area contributed by atoms with Gasteiger partial charge in [0.05, 0.1) is 36.4 Å². The summed E-state index contributed by atoms with van der Waals surface area (Å²) >= 11 is 0. The van der Waals surface area contributed by atoms with Crippen molar-refractivity contribution in [1.82, 2.24) is 0 Å². The molecule has 2 bridgehead atoms. The van der Waals surface area contributed by atoms with Crippen molar-refractivity contribution in [3.63, 3.8) is 0 Å². The van der Waals surface area contributed by atoms with E-state index in [1.165, 1.54) is 7.11 Å². The lowest BCUT2D eigenvalue weighted by Gasteiger charge is -2.39. The molecule has 7 nitrogen and oxygen atoms in total. The Morgan fingerprint density at radius 3 is 2.47 bits per heavy atom. The maximum Gasteiger partial charge on any atom is 0.318 e. The topological polar surface area (TPSA) is 96.0 Å². The van der Waals surface area contributed by atoms with Crippen LogP contribution in [0.1, 0.15) is 59.3 Å². The monoisotopic (exact) mass is 420 g/mol. The highest BCUT2D eigenvalue weighted by molar-refractivity contribution is 6.00. The molecule has 0 radical (unpaired) electrons. The second-order valence-corrected chi connectivity index (χ2v) is 10.4. The molecule has 8 unspecified atom stereocenters. The van der Waals surface area contributed by atoms with Gasteiger partial charge in [0.25, 0.3) is 0 Å². The normalized spacial score (nSPS) is 42.2. The van der Waals surface area contributed by atoms with Gasteiger partial charge in [-0.15, -0.1) is 0 Å². The molecule has 2 heterocycles. The first kappa shape index (κ1) is 21.3. The standard InChI is InChI=1S/C23H32O7/c1-12-13-5-6-14(11-13)15(12)16-17(19(25)30-18(16)24)23(3,21(27)28-4)8-7-22(2)9-10-29-20(22)26/h12-17H,5-11H2,1-4H3. The lowest BCUT2D eigenvalue weighted by molar-refractivity contribution is -0.165. The average molecular weight is 421 g/mol. The summed E-state index contributed by atoms with van der Waals surface area (Å²) in [6.45, 7) is 6.04. The number of hydrogen-bond donors (Lipinski definition) is 0. The van der Waals surface area contributed by atoms with Crippen molar-refractivity contribution in [3.8, 4) is 0 Å². The Hall–Kier alpha value is -1.92. The zero-order chi connectivity index (χ0) is 21.8. The molecule has 4 aliphatic rings. The first-order chi connectivity index (χ1) is 14.1. The molecule has 166 valence electrons. The van der Waals surface area contributed by atoms with Crippen LogP contribution in [-0.4, -0.2) is 37.6 Å². The number of fused-ring (bicyclic) bond motifs is 2. The molecule has 0 N–H and O–H groups in total. The number of ether oxygens (including phenoxy) is 3. The fourth-order valence-corrected chi connectivity index (χ4v) is 6.82. The average Bonchev–Trinajstić information content (AvgIpc) is 3.45. The van der Waals surface area contributed by atoms with Crippen molar-refractivity contribution in [1.29, 1.82) is 0 Å². The van der Waals surface area contributed by atoms with Crippen LogP contribution in [0.5, 0.6) is 0 Å². The van der Waals surface area contributed by atoms with Gasteiger partial charge in [-0.1, -0.05) is 6.92 Å². The van der Waals surface area contributed by atoms with Crippen molar-refractivity contribution >= 4 is 23.9 Å². The minimum Gasteiger partial charge on any atom is -0.469 e. The maximum atomic E-state index is 13.0. The number of esters is 4. The van der Waals surface area contributed by atoms with E-state index in [2.05, 4.69) is 6.92 Å². The number of carbonyl (C=O) groups is 4. The van der Waals surface area contributed by atoms with Gasteiger partial charge < -0.3 is 14.2 Å². The molecule has 7 heteroatoms. The van der Waals surface area contributed by atoms with E-state index >= 15 is 0 Å². The molecule has 0 aromatic rings. The zero-order valence-corrected chi connectivity index (χ0v) is 18.3. The number of hydrogen-bond acceptors (Lipinski definition) is 7. The SMILES string of the molecule is COC(=O)C(C)(CCC1(C)CCOC1=O)C1C(=O)OC(=O)C1C1C2CCC(C2)C1C. The van der Waals surface area contributed by atoms with Gasteiger partial charge in [-0.3, -0.25) is 19.2 Å². The Labute approximate surface area is 177 Å². The zero-order valence-electron chi connectivity index (χ0n) is 18.3. The van der Waals surface area contributed by atoms with Crippen LogP contribution in [-0.2, 0) is 33.4 Å². The van der Waals surface area contributed by atoms with Crippen LogP contribution in [0.3, 0.4) is 0 Å². The van der Waals surface area contributed by atoms with Gasteiger partial charge in [0.15, 0.2) is 0 Å². The molecule has 0 aromatic carbocycles. The molecular weight excluding hydrogens is 388 g/mol. The summed E-state index contributed by atoms with van der Waals surface area (Å²) in [5.74, 6) is -2.14. The molecule has 0 aromatic heterocycles. The highest BCUT2D eigenvalue weighted by Crippen LogP contribution is 2.59. The Morgan fingerprint density at radius 1 is 1.20 bits per heavy atom. The third-order valence-corrected chi connectivity index (χ3v) is 8.82. The summed E-state index contributed by atoms with van der Waals surface area (Å²) < 4.78 is 15.4. The smallest absolute Gasteiger partial charge is 0.318 e. The summed E-state index contributed by atoms with van der Waals surface area (Å²) in [5.41, 5.74) is -1.94. The summed E-state index contributed by atoms with van der Waals surface area (Å²) in [6, 6.07) is 0. The minimum atomic E-state index is -1.24. The second-order valence-electron chi connectivity index (χ2n) is 10.4. The van der Waals surface area contributed by atoms with Crippen molar-refractivity contribution in [3.05, 3.63) is 0 Å². The predicted octanol–water partition coefficient (Wildman–Crippen LogP) is 2.90. The van der Waals surface area contributed by atoms with E-state index in [9.17, 15) is 19.2 Å². The van der Waals surface area contributed by atoms with Crippen LogP contribution in [0.25, 0.3) is 0 Å². The fourth-order valence-electron chi connectivity index (χ4n) is 6.82. The van der Waals surface area contributed by atoms with E-state index in [0.717, 1.165) is 19.3 Å². The third kappa shape index (κ3) is 3.07. The van der Waals surface area contributed by atoms with E-state index in [1.807, 2.05) is 6.92 Å². The molecule has 0 amide bonds. The van der Waals surface area contributed by atoms with E-state index in [-0.39, 0.29) is 18.3 Å². The van der Waals surface area contributed by atoms with Crippen LogP contribution in [0.2, 0.25) is 0 Å². The van der Waals surface area contributed by atoms with Crippen LogP contribution in [0.4, 0.5) is 0 Å². The molecule has 8 atom stereocenters. The predicted molar refractivity (Wildman–Crippen MR) is 105 cm³/mol. The van der Waals surface area contributed by atoms with Crippen molar-refractivity contribution in [2.24, 2.45) is 46.3 Å². The number of cyclic esters (lactones) is 3. The minimum absolute atomic E-state index is 0.0451. The molecule has 4 rings (SSSR count). The largest absolute Gasteiger partial charge is 0.469 e. The summed E-state index contributed by atoms with van der Waals surface area (Å²) in [6.07, 6.45) is 4.51. The maximum absolute atomic E-state index is 13.0. The molecule has 0 spiro atoms. The highest BCUT2D eigenvalue weighted by atomic mass is 16.6. The summed E-state index contributed by atoms with van der Waals surface area (Å²) in [5, 5.41) is 0.